The third kappa shape index (κ3) is 1.86. The molecule has 1 aromatic carbocycles. The quantitative estimate of drug-likeness (QED) is 0.811. The van der Waals surface area contributed by atoms with Crippen LogP contribution in [0, 0.1) is 6.92 Å². The van der Waals surface area contributed by atoms with Gasteiger partial charge < -0.3 is 11.5 Å². The van der Waals surface area contributed by atoms with E-state index in [0.717, 1.165) is 10.0 Å². The lowest BCUT2D eigenvalue weighted by molar-refractivity contribution is 0.731. The molecule has 0 aliphatic carbocycles. The van der Waals surface area contributed by atoms with Gasteiger partial charge in [0.05, 0.1) is 0 Å². The molecule has 1 atom stereocenters. The molecule has 0 bridgehead atoms. The van der Waals surface area contributed by atoms with Crippen molar-refractivity contribution < 1.29 is 0 Å². The van der Waals surface area contributed by atoms with Gasteiger partial charge in [-0.2, -0.15) is 0 Å². The first-order valence-electron chi connectivity index (χ1n) is 3.87. The van der Waals surface area contributed by atoms with Crippen molar-refractivity contribution in [2.45, 2.75) is 13.0 Å². The molecular weight excluding hydrogens is 216 g/mol. The zero-order valence-electron chi connectivity index (χ0n) is 7.05. The van der Waals surface area contributed by atoms with E-state index in [1.165, 1.54) is 5.56 Å². The first-order valence-corrected chi connectivity index (χ1v) is 4.66. The Morgan fingerprint density at radius 2 is 2.17 bits per heavy atom. The second-order valence-electron chi connectivity index (χ2n) is 2.80. The highest BCUT2D eigenvalue weighted by Crippen LogP contribution is 2.22. The van der Waals surface area contributed by atoms with Gasteiger partial charge in [-0.05, 0) is 24.1 Å². The van der Waals surface area contributed by atoms with Crippen molar-refractivity contribution >= 4 is 15.9 Å². The zero-order valence-corrected chi connectivity index (χ0v) is 8.64. The van der Waals surface area contributed by atoms with E-state index in [0.29, 0.717) is 6.54 Å². The Morgan fingerprint density at radius 3 is 2.75 bits per heavy atom. The molecular formula is C9H13BrN2. The van der Waals surface area contributed by atoms with Crippen LogP contribution in [0.25, 0.3) is 0 Å². The Labute approximate surface area is 81.1 Å². The van der Waals surface area contributed by atoms with E-state index in [2.05, 4.69) is 15.9 Å². The molecule has 0 aromatic heterocycles. The highest BCUT2D eigenvalue weighted by atomic mass is 79.9. The van der Waals surface area contributed by atoms with Gasteiger partial charge >= 0.3 is 0 Å². The fourth-order valence-electron chi connectivity index (χ4n) is 1.15. The summed E-state index contributed by atoms with van der Waals surface area (Å²) < 4.78 is 1.09. The van der Waals surface area contributed by atoms with E-state index >= 15 is 0 Å². The van der Waals surface area contributed by atoms with E-state index in [1.807, 2.05) is 25.1 Å². The van der Waals surface area contributed by atoms with E-state index in [4.69, 9.17) is 11.5 Å². The second-order valence-corrected chi connectivity index (χ2v) is 3.65. The van der Waals surface area contributed by atoms with Crippen molar-refractivity contribution in [1.29, 1.82) is 0 Å². The summed E-state index contributed by atoms with van der Waals surface area (Å²) in [5, 5.41) is 0. The van der Waals surface area contributed by atoms with Gasteiger partial charge in [0.15, 0.2) is 0 Å². The summed E-state index contributed by atoms with van der Waals surface area (Å²) in [5.74, 6) is 0. The van der Waals surface area contributed by atoms with Crippen molar-refractivity contribution in [3.05, 3.63) is 33.8 Å². The van der Waals surface area contributed by atoms with Gasteiger partial charge in [0.1, 0.15) is 0 Å². The normalized spacial score (nSPS) is 13.0. The molecule has 66 valence electrons. The summed E-state index contributed by atoms with van der Waals surface area (Å²) >= 11 is 3.45. The average molecular weight is 229 g/mol. The molecule has 0 aliphatic heterocycles. The summed E-state index contributed by atoms with van der Waals surface area (Å²) in [6.07, 6.45) is 0. The van der Waals surface area contributed by atoms with Crippen LogP contribution in [0.15, 0.2) is 22.7 Å². The van der Waals surface area contributed by atoms with Crippen molar-refractivity contribution in [1.82, 2.24) is 0 Å². The van der Waals surface area contributed by atoms with Gasteiger partial charge in [0, 0.05) is 17.1 Å². The average Bonchev–Trinajstić information content (AvgIpc) is 2.08. The fraction of sp³-hybridized carbons (Fsp3) is 0.333. The van der Waals surface area contributed by atoms with Crippen LogP contribution in [0.1, 0.15) is 17.2 Å². The van der Waals surface area contributed by atoms with Gasteiger partial charge in [-0.25, -0.2) is 0 Å². The predicted molar refractivity (Wildman–Crippen MR) is 54.9 cm³/mol. The lowest BCUT2D eigenvalue weighted by Gasteiger charge is -2.13. The maximum Gasteiger partial charge on any atom is 0.0422 e. The predicted octanol–water partition coefficient (Wildman–Crippen LogP) is 1.72. The summed E-state index contributed by atoms with van der Waals surface area (Å²) in [4.78, 5) is 0. The molecule has 2 nitrogen and oxygen atoms in total. The Hall–Kier alpha value is -0.380. The van der Waals surface area contributed by atoms with E-state index in [9.17, 15) is 0 Å². The lowest BCUT2D eigenvalue weighted by atomic mass is 10.0. The van der Waals surface area contributed by atoms with Crippen LogP contribution in [0.5, 0.6) is 0 Å². The van der Waals surface area contributed by atoms with Crippen molar-refractivity contribution in [3.8, 4) is 0 Å². The molecule has 1 rings (SSSR count). The third-order valence-corrected chi connectivity index (χ3v) is 2.82. The van der Waals surface area contributed by atoms with Crippen LogP contribution in [0.3, 0.4) is 0 Å². The molecule has 0 aliphatic rings. The second kappa shape index (κ2) is 4.03. The number of hydrogen-bond donors (Lipinski definition) is 2. The Kier molecular flexibility index (Phi) is 3.26. The summed E-state index contributed by atoms with van der Waals surface area (Å²) in [6.45, 7) is 2.52. The molecule has 0 unspecified atom stereocenters. The SMILES string of the molecule is Cc1c(Br)cccc1[C@H](N)CN. The number of benzene rings is 1. The van der Waals surface area contributed by atoms with Gasteiger partial charge in [0.2, 0.25) is 0 Å². The minimum Gasteiger partial charge on any atom is -0.329 e. The highest BCUT2D eigenvalue weighted by molar-refractivity contribution is 9.10. The molecule has 0 saturated heterocycles. The molecule has 0 radical (unpaired) electrons. The van der Waals surface area contributed by atoms with E-state index < -0.39 is 0 Å². The summed E-state index contributed by atoms with van der Waals surface area (Å²) in [7, 11) is 0. The van der Waals surface area contributed by atoms with Gasteiger partial charge in [-0.15, -0.1) is 0 Å². The van der Waals surface area contributed by atoms with Gasteiger partial charge in [-0.3, -0.25) is 0 Å². The molecule has 3 heteroatoms. The zero-order chi connectivity index (χ0) is 9.14. The number of rotatable bonds is 2. The number of hydrogen-bond acceptors (Lipinski definition) is 2. The van der Waals surface area contributed by atoms with Crippen LogP contribution >= 0.6 is 15.9 Å². The monoisotopic (exact) mass is 228 g/mol. The maximum absolute atomic E-state index is 5.82. The minimum atomic E-state index is -0.0532. The number of nitrogens with two attached hydrogens (primary N) is 2. The summed E-state index contributed by atoms with van der Waals surface area (Å²) in [6, 6.07) is 5.93. The highest BCUT2D eigenvalue weighted by Gasteiger charge is 2.07. The lowest BCUT2D eigenvalue weighted by Crippen LogP contribution is -2.21. The Balaban J connectivity index is 3.07. The molecule has 4 N–H and O–H groups in total. The van der Waals surface area contributed by atoms with Crippen molar-refractivity contribution in [2.75, 3.05) is 6.54 Å². The number of halogens is 1. The molecule has 0 saturated carbocycles. The molecule has 0 heterocycles. The largest absolute Gasteiger partial charge is 0.329 e. The van der Waals surface area contributed by atoms with Crippen molar-refractivity contribution in [3.63, 3.8) is 0 Å². The first-order chi connectivity index (χ1) is 5.66. The van der Waals surface area contributed by atoms with Crippen LogP contribution in [-0.4, -0.2) is 6.54 Å². The molecule has 12 heavy (non-hydrogen) atoms. The fourth-order valence-corrected chi connectivity index (χ4v) is 1.53. The third-order valence-electron chi connectivity index (χ3n) is 1.96. The minimum absolute atomic E-state index is 0.0532. The van der Waals surface area contributed by atoms with E-state index in [1.54, 1.807) is 0 Å². The van der Waals surface area contributed by atoms with Gasteiger partial charge in [0.25, 0.3) is 0 Å². The van der Waals surface area contributed by atoms with Crippen LogP contribution < -0.4 is 11.5 Å². The van der Waals surface area contributed by atoms with Crippen LogP contribution in [0.2, 0.25) is 0 Å². The Bertz CT molecular complexity index is 273. The Morgan fingerprint density at radius 1 is 1.50 bits per heavy atom. The molecule has 0 spiro atoms. The molecule has 1 aromatic rings. The van der Waals surface area contributed by atoms with Gasteiger partial charge in [-0.1, -0.05) is 28.1 Å². The smallest absolute Gasteiger partial charge is 0.0422 e. The molecule has 0 fully saturated rings. The van der Waals surface area contributed by atoms with Crippen LogP contribution in [-0.2, 0) is 0 Å². The van der Waals surface area contributed by atoms with Crippen LogP contribution in [0.4, 0.5) is 0 Å². The standard InChI is InChI=1S/C9H13BrN2/c1-6-7(9(12)5-11)3-2-4-8(6)10/h2-4,9H,5,11-12H2,1H3/t9-/m1/s1. The van der Waals surface area contributed by atoms with Crippen molar-refractivity contribution in [2.24, 2.45) is 11.5 Å². The first kappa shape index (κ1) is 9.71. The molecule has 0 amide bonds. The van der Waals surface area contributed by atoms with E-state index in [-0.39, 0.29) is 6.04 Å². The maximum atomic E-state index is 5.82. The summed E-state index contributed by atoms with van der Waals surface area (Å²) in [5.41, 5.74) is 13.6. The topological polar surface area (TPSA) is 52.0 Å².